The third-order valence-electron chi connectivity index (χ3n) is 1.56. The Hall–Kier alpha value is -0.730. The minimum Gasteiger partial charge on any atom is -0.234 e. The molecule has 0 spiro atoms. The molecule has 6 heteroatoms. The largest absolute Gasteiger partial charge is 0.281 e. The number of hydrogen-bond acceptors (Lipinski definition) is 2. The van der Waals surface area contributed by atoms with Crippen molar-refractivity contribution in [2.75, 3.05) is 0 Å². The fourth-order valence-electron chi connectivity index (χ4n) is 0.976. The molecule has 0 aliphatic heterocycles. The molecule has 14 heavy (non-hydrogen) atoms. The summed E-state index contributed by atoms with van der Waals surface area (Å²) in [5.41, 5.74) is -0.251. The number of alkyl halides is 3. The van der Waals surface area contributed by atoms with Crippen molar-refractivity contribution < 1.29 is 8.78 Å². The Morgan fingerprint density at radius 3 is 2.71 bits per heavy atom. The Morgan fingerprint density at radius 1 is 1.64 bits per heavy atom. The number of nitrogens with zero attached hydrogens (tertiary/aromatic N) is 2. The molecule has 0 unspecified atom stereocenters. The zero-order valence-electron chi connectivity index (χ0n) is 6.77. The van der Waals surface area contributed by atoms with Crippen LogP contribution in [0.4, 0.5) is 8.78 Å². The van der Waals surface area contributed by atoms with E-state index in [4.69, 9.17) is 16.9 Å². The van der Waals surface area contributed by atoms with Crippen LogP contribution < -0.4 is 0 Å². The van der Waals surface area contributed by atoms with E-state index in [0.717, 1.165) is 0 Å². The molecule has 0 saturated carbocycles. The van der Waals surface area contributed by atoms with E-state index >= 15 is 0 Å². The molecule has 1 aromatic heterocycles. The van der Waals surface area contributed by atoms with Crippen molar-refractivity contribution in [2.45, 2.75) is 11.8 Å². The van der Waals surface area contributed by atoms with Gasteiger partial charge >= 0.3 is 0 Å². The number of aromatic nitrogens is 1. The van der Waals surface area contributed by atoms with Gasteiger partial charge in [0.2, 0.25) is 0 Å². The highest BCUT2D eigenvalue weighted by molar-refractivity contribution is 9.08. The van der Waals surface area contributed by atoms with Gasteiger partial charge < -0.3 is 0 Å². The van der Waals surface area contributed by atoms with E-state index in [-0.39, 0.29) is 16.0 Å². The predicted octanol–water partition coefficient (Wildman–Crippen LogP) is 3.44. The summed E-state index contributed by atoms with van der Waals surface area (Å²) in [5.74, 6) is 0. The van der Waals surface area contributed by atoms with E-state index < -0.39 is 12.1 Å². The summed E-state index contributed by atoms with van der Waals surface area (Å²) in [6.07, 6.45) is -2.79. The maximum Gasteiger partial charge on any atom is 0.281 e. The number of rotatable bonds is 2. The molecular formula is C8H4BrClF2N2. The first-order chi connectivity index (χ1) is 6.60. The Labute approximate surface area is 92.6 Å². The zero-order valence-corrected chi connectivity index (χ0v) is 9.11. The highest BCUT2D eigenvalue weighted by Crippen LogP contribution is 2.26. The predicted molar refractivity (Wildman–Crippen MR) is 51.6 cm³/mol. The number of nitriles is 1. The summed E-state index contributed by atoms with van der Waals surface area (Å²) in [4.78, 5) is 3.42. The van der Waals surface area contributed by atoms with Gasteiger partial charge in [0.15, 0.2) is 0 Å². The van der Waals surface area contributed by atoms with E-state index in [1.165, 1.54) is 6.07 Å². The van der Waals surface area contributed by atoms with E-state index in [0.29, 0.717) is 5.56 Å². The molecule has 0 amide bonds. The SMILES string of the molecule is N#Cc1c(CBr)cc(Cl)nc1C(F)F. The van der Waals surface area contributed by atoms with Crippen LogP contribution in [0, 0.1) is 11.3 Å². The quantitative estimate of drug-likeness (QED) is 0.615. The van der Waals surface area contributed by atoms with Crippen LogP contribution in [0.3, 0.4) is 0 Å². The first-order valence-corrected chi connectivity index (χ1v) is 5.03. The van der Waals surface area contributed by atoms with Crippen molar-refractivity contribution in [1.29, 1.82) is 5.26 Å². The van der Waals surface area contributed by atoms with Gasteiger partial charge in [-0.3, -0.25) is 0 Å². The lowest BCUT2D eigenvalue weighted by Gasteiger charge is -2.06. The second-order valence-electron chi connectivity index (χ2n) is 2.41. The van der Waals surface area contributed by atoms with Gasteiger partial charge in [0, 0.05) is 5.33 Å². The van der Waals surface area contributed by atoms with Gasteiger partial charge in [-0.05, 0) is 11.6 Å². The van der Waals surface area contributed by atoms with Gasteiger partial charge in [-0.25, -0.2) is 13.8 Å². The lowest BCUT2D eigenvalue weighted by atomic mass is 10.1. The second kappa shape index (κ2) is 4.67. The summed E-state index contributed by atoms with van der Waals surface area (Å²) in [6.45, 7) is 0. The van der Waals surface area contributed by atoms with Crippen molar-refractivity contribution >= 4 is 27.5 Å². The fraction of sp³-hybridized carbons (Fsp3) is 0.250. The van der Waals surface area contributed by atoms with E-state index in [9.17, 15) is 8.78 Å². The van der Waals surface area contributed by atoms with Crippen LogP contribution in [0.1, 0.15) is 23.2 Å². The van der Waals surface area contributed by atoms with Crippen molar-refractivity contribution in [3.63, 3.8) is 0 Å². The average Bonchev–Trinajstić information content (AvgIpc) is 2.16. The lowest BCUT2D eigenvalue weighted by Crippen LogP contribution is -1.99. The Morgan fingerprint density at radius 2 is 2.29 bits per heavy atom. The van der Waals surface area contributed by atoms with Crippen molar-refractivity contribution in [2.24, 2.45) is 0 Å². The standard InChI is InChI=1S/C8H4BrClF2N2/c9-2-4-1-6(10)14-7(8(11)12)5(4)3-13/h1,8H,2H2. The van der Waals surface area contributed by atoms with E-state index in [2.05, 4.69) is 20.9 Å². The monoisotopic (exact) mass is 280 g/mol. The average molecular weight is 281 g/mol. The van der Waals surface area contributed by atoms with Gasteiger partial charge in [-0.1, -0.05) is 27.5 Å². The molecule has 2 nitrogen and oxygen atoms in total. The first kappa shape index (κ1) is 11.3. The molecular weight excluding hydrogens is 277 g/mol. The third-order valence-corrected chi connectivity index (χ3v) is 2.36. The summed E-state index contributed by atoms with van der Waals surface area (Å²) < 4.78 is 24.8. The van der Waals surface area contributed by atoms with Gasteiger partial charge in [0.1, 0.15) is 16.9 Å². The lowest BCUT2D eigenvalue weighted by molar-refractivity contribution is 0.145. The van der Waals surface area contributed by atoms with Crippen LogP contribution in [0.15, 0.2) is 6.07 Å². The molecule has 0 aliphatic carbocycles. The molecule has 0 aromatic carbocycles. The van der Waals surface area contributed by atoms with Crippen LogP contribution in [0.25, 0.3) is 0 Å². The Kier molecular flexibility index (Phi) is 3.78. The smallest absolute Gasteiger partial charge is 0.234 e. The zero-order chi connectivity index (χ0) is 10.7. The summed E-state index contributed by atoms with van der Waals surface area (Å²) in [5, 5.41) is 8.94. The van der Waals surface area contributed by atoms with Crippen LogP contribution >= 0.6 is 27.5 Å². The van der Waals surface area contributed by atoms with Crippen LogP contribution in [0.2, 0.25) is 5.15 Å². The normalized spacial score (nSPS) is 10.3. The summed E-state index contributed by atoms with van der Waals surface area (Å²) in [7, 11) is 0. The number of hydrogen-bond donors (Lipinski definition) is 0. The van der Waals surface area contributed by atoms with Crippen molar-refractivity contribution in [3.8, 4) is 6.07 Å². The molecule has 1 aromatic rings. The molecule has 0 bridgehead atoms. The molecule has 0 atom stereocenters. The van der Waals surface area contributed by atoms with Crippen LogP contribution in [-0.2, 0) is 5.33 Å². The van der Waals surface area contributed by atoms with Crippen LogP contribution in [0.5, 0.6) is 0 Å². The molecule has 1 heterocycles. The van der Waals surface area contributed by atoms with E-state index in [1.54, 1.807) is 6.07 Å². The van der Waals surface area contributed by atoms with Crippen LogP contribution in [-0.4, -0.2) is 4.98 Å². The number of pyridine rings is 1. The summed E-state index contributed by atoms with van der Waals surface area (Å²) in [6, 6.07) is 3.08. The molecule has 1 rings (SSSR count). The first-order valence-electron chi connectivity index (χ1n) is 3.53. The number of halogens is 4. The molecule has 0 radical (unpaired) electrons. The Balaban J connectivity index is 3.41. The molecule has 0 aliphatic rings. The van der Waals surface area contributed by atoms with E-state index in [1.807, 2.05) is 0 Å². The maximum absolute atomic E-state index is 12.4. The third kappa shape index (κ3) is 2.20. The highest BCUT2D eigenvalue weighted by atomic mass is 79.9. The Bertz CT molecular complexity index is 390. The molecule has 0 N–H and O–H groups in total. The maximum atomic E-state index is 12.4. The minimum atomic E-state index is -2.79. The fourth-order valence-corrected chi connectivity index (χ4v) is 1.64. The molecule has 0 saturated heterocycles. The topological polar surface area (TPSA) is 36.7 Å². The second-order valence-corrected chi connectivity index (χ2v) is 3.36. The van der Waals surface area contributed by atoms with Gasteiger partial charge in [-0.2, -0.15) is 5.26 Å². The minimum absolute atomic E-state index is 0.0336. The molecule has 74 valence electrons. The van der Waals surface area contributed by atoms with Gasteiger partial charge in [0.25, 0.3) is 6.43 Å². The summed E-state index contributed by atoms with van der Waals surface area (Å²) >= 11 is 8.61. The molecule has 0 fully saturated rings. The van der Waals surface area contributed by atoms with Gasteiger partial charge in [-0.15, -0.1) is 0 Å². The van der Waals surface area contributed by atoms with Crippen molar-refractivity contribution in [3.05, 3.63) is 28.0 Å². The highest BCUT2D eigenvalue weighted by Gasteiger charge is 2.18. The van der Waals surface area contributed by atoms with Crippen molar-refractivity contribution in [1.82, 2.24) is 4.98 Å². The van der Waals surface area contributed by atoms with Gasteiger partial charge in [0.05, 0.1) is 5.56 Å².